The Morgan fingerprint density at radius 3 is 2.05 bits per heavy atom. The van der Waals surface area contributed by atoms with Crippen LogP contribution < -0.4 is 0 Å². The minimum absolute atomic E-state index is 0.0380. The second-order valence-electron chi connectivity index (χ2n) is 6.53. The molecule has 22 heavy (non-hydrogen) atoms. The molecule has 1 aliphatic carbocycles. The van der Waals surface area contributed by atoms with Gasteiger partial charge in [0, 0.05) is 5.57 Å². The van der Waals surface area contributed by atoms with E-state index >= 15 is 0 Å². The van der Waals surface area contributed by atoms with Crippen LogP contribution in [0.1, 0.15) is 65.7 Å². The van der Waals surface area contributed by atoms with Crippen LogP contribution in [-0.2, 0) is 4.79 Å². The molecule has 1 rings (SSSR count). The Balaban J connectivity index is 2.87. The molecule has 1 N–H and O–H groups in total. The highest BCUT2D eigenvalue weighted by molar-refractivity contribution is 5.86. The first kappa shape index (κ1) is 18.5. The molecular formula is C20H30O2. The minimum Gasteiger partial charge on any atom is -0.478 e. The van der Waals surface area contributed by atoms with Crippen molar-refractivity contribution in [2.45, 2.75) is 65.7 Å². The van der Waals surface area contributed by atoms with Gasteiger partial charge in [-0.2, -0.15) is 0 Å². The van der Waals surface area contributed by atoms with E-state index in [1.807, 2.05) is 0 Å². The van der Waals surface area contributed by atoms with Gasteiger partial charge in [0.2, 0.25) is 0 Å². The second kappa shape index (κ2) is 9.45. The molecule has 122 valence electrons. The Kier molecular flexibility index (Phi) is 7.94. The van der Waals surface area contributed by atoms with Gasteiger partial charge < -0.3 is 5.11 Å². The third-order valence-corrected chi connectivity index (χ3v) is 4.47. The summed E-state index contributed by atoms with van der Waals surface area (Å²) in [6.07, 6.45) is 13.8. The van der Waals surface area contributed by atoms with Gasteiger partial charge in [0.05, 0.1) is 0 Å². The highest BCUT2D eigenvalue weighted by atomic mass is 16.4. The number of aliphatic carboxylic acids is 1. The van der Waals surface area contributed by atoms with Crippen molar-refractivity contribution in [1.82, 2.24) is 0 Å². The molecule has 1 unspecified atom stereocenters. The summed E-state index contributed by atoms with van der Waals surface area (Å²) in [6.45, 7) is 10.3. The fraction of sp³-hybridized carbons (Fsp3) is 0.550. The van der Waals surface area contributed by atoms with Gasteiger partial charge in [-0.05, 0) is 71.6 Å². The van der Waals surface area contributed by atoms with E-state index in [2.05, 4.69) is 45.6 Å². The van der Waals surface area contributed by atoms with Gasteiger partial charge in [0.1, 0.15) is 0 Å². The third kappa shape index (κ3) is 6.93. The summed E-state index contributed by atoms with van der Waals surface area (Å²) in [4.78, 5) is 11.2. The molecule has 0 amide bonds. The standard InChI is InChI=1S/C20H30O2/c1-15-7-5-9-16(2)11-13-19(18(4)20(21)22)14-12-17(3)10-6-8-15/h7,10-11,19H,4-6,8-9,12-14H2,1-3H3,(H,21,22)/b15-7+,16-11+,17-10+. The zero-order valence-corrected chi connectivity index (χ0v) is 14.3. The van der Waals surface area contributed by atoms with Crippen molar-refractivity contribution < 1.29 is 9.90 Å². The van der Waals surface area contributed by atoms with E-state index in [1.54, 1.807) is 0 Å². The van der Waals surface area contributed by atoms with Crippen LogP contribution in [0.15, 0.2) is 47.1 Å². The van der Waals surface area contributed by atoms with Crippen molar-refractivity contribution in [3.05, 3.63) is 47.1 Å². The fourth-order valence-electron chi connectivity index (χ4n) is 2.75. The van der Waals surface area contributed by atoms with Gasteiger partial charge in [-0.1, -0.05) is 41.5 Å². The van der Waals surface area contributed by atoms with E-state index < -0.39 is 5.97 Å². The lowest BCUT2D eigenvalue weighted by atomic mass is 9.89. The van der Waals surface area contributed by atoms with Crippen LogP contribution in [0.4, 0.5) is 0 Å². The highest BCUT2D eigenvalue weighted by Gasteiger charge is 2.17. The molecule has 0 heterocycles. The highest BCUT2D eigenvalue weighted by Crippen LogP contribution is 2.25. The normalized spacial score (nSPS) is 29.0. The topological polar surface area (TPSA) is 37.3 Å². The first-order chi connectivity index (χ1) is 10.4. The lowest BCUT2D eigenvalue weighted by molar-refractivity contribution is -0.133. The smallest absolute Gasteiger partial charge is 0.331 e. The van der Waals surface area contributed by atoms with Crippen molar-refractivity contribution in [2.75, 3.05) is 0 Å². The Labute approximate surface area is 135 Å². The molecule has 0 saturated heterocycles. The monoisotopic (exact) mass is 302 g/mol. The molecule has 1 aliphatic rings. The third-order valence-electron chi connectivity index (χ3n) is 4.47. The number of hydrogen-bond acceptors (Lipinski definition) is 1. The van der Waals surface area contributed by atoms with Crippen LogP contribution in [0.5, 0.6) is 0 Å². The van der Waals surface area contributed by atoms with E-state index in [4.69, 9.17) is 0 Å². The van der Waals surface area contributed by atoms with Crippen molar-refractivity contribution >= 4 is 5.97 Å². The molecule has 1 atom stereocenters. The maximum Gasteiger partial charge on any atom is 0.331 e. The SMILES string of the molecule is C=C(C(=O)O)C1C/C=C(\C)CC/C=C(\C)CC/C=C(\C)CC1. The predicted octanol–water partition coefficient (Wildman–Crippen LogP) is 5.83. The Hall–Kier alpha value is -1.57. The quantitative estimate of drug-likeness (QED) is 0.515. The molecule has 0 bridgehead atoms. The molecule has 0 spiro atoms. The maximum absolute atomic E-state index is 11.2. The average Bonchev–Trinajstić information content (AvgIpc) is 2.45. The first-order valence-electron chi connectivity index (χ1n) is 8.29. The van der Waals surface area contributed by atoms with Gasteiger partial charge in [-0.3, -0.25) is 0 Å². The van der Waals surface area contributed by atoms with Crippen LogP contribution in [0.2, 0.25) is 0 Å². The van der Waals surface area contributed by atoms with E-state index in [9.17, 15) is 9.90 Å². The van der Waals surface area contributed by atoms with Gasteiger partial charge in [0.25, 0.3) is 0 Å². The van der Waals surface area contributed by atoms with E-state index in [1.165, 1.54) is 16.7 Å². The van der Waals surface area contributed by atoms with E-state index in [0.717, 1.165) is 44.9 Å². The fourth-order valence-corrected chi connectivity index (χ4v) is 2.75. The number of carboxylic acid groups (broad SMARTS) is 1. The maximum atomic E-state index is 11.2. The summed E-state index contributed by atoms with van der Waals surface area (Å²) in [5.74, 6) is -0.826. The van der Waals surface area contributed by atoms with Crippen LogP contribution in [-0.4, -0.2) is 11.1 Å². The van der Waals surface area contributed by atoms with Gasteiger partial charge in [0.15, 0.2) is 0 Å². The second-order valence-corrected chi connectivity index (χ2v) is 6.53. The summed E-state index contributed by atoms with van der Waals surface area (Å²) in [6, 6.07) is 0. The molecular weight excluding hydrogens is 272 g/mol. The zero-order valence-electron chi connectivity index (χ0n) is 14.3. The lowest BCUT2D eigenvalue weighted by Crippen LogP contribution is -2.11. The van der Waals surface area contributed by atoms with Gasteiger partial charge >= 0.3 is 5.97 Å². The number of hydrogen-bond donors (Lipinski definition) is 1. The Morgan fingerprint density at radius 2 is 1.50 bits per heavy atom. The molecule has 0 fully saturated rings. The lowest BCUT2D eigenvalue weighted by Gasteiger charge is -2.16. The van der Waals surface area contributed by atoms with Crippen molar-refractivity contribution in [1.29, 1.82) is 0 Å². The summed E-state index contributed by atoms with van der Waals surface area (Å²) in [7, 11) is 0. The van der Waals surface area contributed by atoms with Crippen LogP contribution in [0, 0.1) is 5.92 Å². The molecule has 2 nitrogen and oxygen atoms in total. The molecule has 0 saturated carbocycles. The predicted molar refractivity (Wildman–Crippen MR) is 93.9 cm³/mol. The van der Waals surface area contributed by atoms with Crippen molar-refractivity contribution in [3.8, 4) is 0 Å². The molecule has 0 aromatic heterocycles. The van der Waals surface area contributed by atoms with Crippen LogP contribution in [0.3, 0.4) is 0 Å². The Morgan fingerprint density at radius 1 is 1.00 bits per heavy atom. The summed E-state index contributed by atoms with van der Waals surface area (Å²) in [5.41, 5.74) is 4.51. The molecule has 2 heteroatoms. The molecule has 0 aliphatic heterocycles. The van der Waals surface area contributed by atoms with Crippen LogP contribution in [0.25, 0.3) is 0 Å². The summed E-state index contributed by atoms with van der Waals surface area (Å²) in [5, 5.41) is 9.22. The first-order valence-corrected chi connectivity index (χ1v) is 8.29. The van der Waals surface area contributed by atoms with Gasteiger partial charge in [-0.25, -0.2) is 4.79 Å². The number of carboxylic acids is 1. The molecule has 0 radical (unpaired) electrons. The Bertz CT molecular complexity index is 492. The molecule has 0 aromatic rings. The van der Waals surface area contributed by atoms with Crippen molar-refractivity contribution in [3.63, 3.8) is 0 Å². The van der Waals surface area contributed by atoms with Crippen molar-refractivity contribution in [2.24, 2.45) is 5.92 Å². The molecule has 0 aromatic carbocycles. The van der Waals surface area contributed by atoms with E-state index in [0.29, 0.717) is 5.57 Å². The number of allylic oxidation sites excluding steroid dienone is 6. The minimum atomic E-state index is -0.864. The zero-order chi connectivity index (χ0) is 16.5. The van der Waals surface area contributed by atoms with Crippen LogP contribution >= 0.6 is 0 Å². The summed E-state index contributed by atoms with van der Waals surface area (Å²) < 4.78 is 0. The average molecular weight is 302 g/mol. The number of rotatable bonds is 2. The van der Waals surface area contributed by atoms with Gasteiger partial charge in [-0.15, -0.1) is 0 Å². The number of carbonyl (C=O) groups is 1. The summed E-state index contributed by atoms with van der Waals surface area (Å²) >= 11 is 0. The largest absolute Gasteiger partial charge is 0.478 e. The van der Waals surface area contributed by atoms with E-state index in [-0.39, 0.29) is 5.92 Å².